The zero-order chi connectivity index (χ0) is 12.0. The highest BCUT2D eigenvalue weighted by molar-refractivity contribution is 9.09. The highest BCUT2D eigenvalue weighted by atomic mass is 79.9. The first-order valence-electron chi connectivity index (χ1n) is 7.21. The van der Waals surface area contributed by atoms with E-state index in [0.29, 0.717) is 5.41 Å². The lowest BCUT2D eigenvalue weighted by molar-refractivity contribution is 0.122. The molecule has 3 heteroatoms. The highest BCUT2D eigenvalue weighted by Crippen LogP contribution is 2.37. The molecular formula is C14H26BrNO. The molecule has 2 aliphatic rings. The molecule has 0 bridgehead atoms. The smallest absolute Gasteiger partial charge is 0.0593 e. The summed E-state index contributed by atoms with van der Waals surface area (Å²) in [6.07, 6.45) is 9.77. The molecule has 2 fully saturated rings. The van der Waals surface area contributed by atoms with E-state index in [2.05, 4.69) is 20.8 Å². The van der Waals surface area contributed by atoms with Crippen molar-refractivity contribution in [1.29, 1.82) is 0 Å². The van der Waals surface area contributed by atoms with E-state index in [1.807, 2.05) is 0 Å². The third-order valence-electron chi connectivity index (χ3n) is 4.32. The number of halogens is 1. The predicted octanol–water partition coefficient (Wildman–Crippen LogP) is 3.44. The van der Waals surface area contributed by atoms with Crippen LogP contribution in [0.4, 0.5) is 0 Å². The molecule has 0 aromatic carbocycles. The molecule has 0 aromatic rings. The SMILES string of the molecule is BrCC1(CN2CCCOCC2)CCCCCC1. The summed E-state index contributed by atoms with van der Waals surface area (Å²) in [5.74, 6) is 0. The Morgan fingerprint density at radius 2 is 1.71 bits per heavy atom. The van der Waals surface area contributed by atoms with Crippen LogP contribution in [0.25, 0.3) is 0 Å². The van der Waals surface area contributed by atoms with Crippen LogP contribution in [0.2, 0.25) is 0 Å². The van der Waals surface area contributed by atoms with Gasteiger partial charge in [0.15, 0.2) is 0 Å². The third-order valence-corrected chi connectivity index (χ3v) is 5.51. The first-order valence-corrected chi connectivity index (χ1v) is 8.33. The molecule has 0 N–H and O–H groups in total. The maximum Gasteiger partial charge on any atom is 0.0593 e. The van der Waals surface area contributed by atoms with Crippen molar-refractivity contribution in [2.45, 2.75) is 44.9 Å². The van der Waals surface area contributed by atoms with Crippen LogP contribution in [-0.2, 0) is 4.74 Å². The molecule has 0 aromatic heterocycles. The van der Waals surface area contributed by atoms with Gasteiger partial charge in [0.2, 0.25) is 0 Å². The molecule has 2 rings (SSSR count). The number of hydrogen-bond acceptors (Lipinski definition) is 2. The van der Waals surface area contributed by atoms with Crippen molar-refractivity contribution in [2.75, 3.05) is 38.2 Å². The van der Waals surface area contributed by atoms with Crippen molar-refractivity contribution in [1.82, 2.24) is 4.90 Å². The van der Waals surface area contributed by atoms with Gasteiger partial charge in [-0.25, -0.2) is 0 Å². The Labute approximate surface area is 114 Å². The summed E-state index contributed by atoms with van der Waals surface area (Å²) in [4.78, 5) is 2.64. The molecule has 0 radical (unpaired) electrons. The lowest BCUT2D eigenvalue weighted by atomic mass is 9.82. The zero-order valence-corrected chi connectivity index (χ0v) is 12.5. The minimum Gasteiger partial charge on any atom is -0.380 e. The lowest BCUT2D eigenvalue weighted by Gasteiger charge is -2.36. The summed E-state index contributed by atoms with van der Waals surface area (Å²) in [5.41, 5.74) is 0.542. The van der Waals surface area contributed by atoms with E-state index in [0.717, 1.165) is 19.8 Å². The van der Waals surface area contributed by atoms with Gasteiger partial charge in [-0.2, -0.15) is 0 Å². The molecule has 1 aliphatic heterocycles. The molecule has 0 atom stereocenters. The van der Waals surface area contributed by atoms with Crippen molar-refractivity contribution < 1.29 is 4.74 Å². The minimum atomic E-state index is 0.542. The van der Waals surface area contributed by atoms with Crippen molar-refractivity contribution in [3.63, 3.8) is 0 Å². The monoisotopic (exact) mass is 303 g/mol. The lowest BCUT2D eigenvalue weighted by Crippen LogP contribution is -2.40. The van der Waals surface area contributed by atoms with Gasteiger partial charge in [-0.15, -0.1) is 0 Å². The van der Waals surface area contributed by atoms with Gasteiger partial charge in [0.25, 0.3) is 0 Å². The summed E-state index contributed by atoms with van der Waals surface area (Å²) >= 11 is 3.79. The molecule has 0 unspecified atom stereocenters. The van der Waals surface area contributed by atoms with Gasteiger partial charge in [0, 0.05) is 31.6 Å². The highest BCUT2D eigenvalue weighted by Gasteiger charge is 2.32. The van der Waals surface area contributed by atoms with E-state index in [-0.39, 0.29) is 0 Å². The van der Waals surface area contributed by atoms with Gasteiger partial charge >= 0.3 is 0 Å². The van der Waals surface area contributed by atoms with Gasteiger partial charge < -0.3 is 9.64 Å². The molecule has 1 saturated heterocycles. The molecule has 0 spiro atoms. The third kappa shape index (κ3) is 4.22. The number of hydrogen-bond donors (Lipinski definition) is 0. The van der Waals surface area contributed by atoms with Crippen LogP contribution < -0.4 is 0 Å². The summed E-state index contributed by atoms with van der Waals surface area (Å²) < 4.78 is 5.55. The second-order valence-corrected chi connectivity index (χ2v) is 6.35. The van der Waals surface area contributed by atoms with Crippen molar-refractivity contribution in [3.05, 3.63) is 0 Å². The Morgan fingerprint density at radius 1 is 0.941 bits per heavy atom. The number of nitrogens with zero attached hydrogens (tertiary/aromatic N) is 1. The average molecular weight is 304 g/mol. The first kappa shape index (κ1) is 13.8. The molecular weight excluding hydrogens is 278 g/mol. The van der Waals surface area contributed by atoms with E-state index < -0.39 is 0 Å². The molecule has 2 nitrogen and oxygen atoms in total. The van der Waals surface area contributed by atoms with Gasteiger partial charge in [-0.1, -0.05) is 41.6 Å². The summed E-state index contributed by atoms with van der Waals surface area (Å²) in [5, 5.41) is 1.18. The van der Waals surface area contributed by atoms with E-state index in [1.165, 1.54) is 63.4 Å². The Hall–Kier alpha value is 0.400. The minimum absolute atomic E-state index is 0.542. The van der Waals surface area contributed by atoms with Gasteiger partial charge in [-0.05, 0) is 24.7 Å². The Balaban J connectivity index is 1.91. The zero-order valence-electron chi connectivity index (χ0n) is 10.9. The maximum absolute atomic E-state index is 5.55. The van der Waals surface area contributed by atoms with Crippen molar-refractivity contribution >= 4 is 15.9 Å². The van der Waals surface area contributed by atoms with Crippen LogP contribution >= 0.6 is 15.9 Å². The first-order chi connectivity index (χ1) is 8.35. The van der Waals surface area contributed by atoms with Crippen molar-refractivity contribution in [3.8, 4) is 0 Å². The van der Waals surface area contributed by atoms with E-state index in [1.54, 1.807) is 0 Å². The largest absolute Gasteiger partial charge is 0.380 e. The molecule has 0 amide bonds. The van der Waals surface area contributed by atoms with Crippen LogP contribution in [0.3, 0.4) is 0 Å². The number of ether oxygens (including phenoxy) is 1. The normalized spacial score (nSPS) is 27.4. The molecule has 1 aliphatic carbocycles. The van der Waals surface area contributed by atoms with E-state index in [9.17, 15) is 0 Å². The Bertz CT molecular complexity index is 206. The quantitative estimate of drug-likeness (QED) is 0.585. The van der Waals surface area contributed by atoms with Crippen LogP contribution in [0.1, 0.15) is 44.9 Å². The van der Waals surface area contributed by atoms with Crippen molar-refractivity contribution in [2.24, 2.45) is 5.41 Å². The summed E-state index contributed by atoms with van der Waals surface area (Å²) in [6.45, 7) is 5.53. The Morgan fingerprint density at radius 3 is 2.41 bits per heavy atom. The topological polar surface area (TPSA) is 12.5 Å². The van der Waals surface area contributed by atoms with Gasteiger partial charge in [0.1, 0.15) is 0 Å². The number of alkyl halides is 1. The van der Waals surface area contributed by atoms with Crippen LogP contribution in [-0.4, -0.2) is 43.1 Å². The predicted molar refractivity (Wildman–Crippen MR) is 75.8 cm³/mol. The van der Waals surface area contributed by atoms with E-state index in [4.69, 9.17) is 4.74 Å². The fraction of sp³-hybridized carbons (Fsp3) is 1.00. The van der Waals surface area contributed by atoms with Gasteiger partial charge in [0.05, 0.1) is 6.61 Å². The average Bonchev–Trinajstić information content (AvgIpc) is 2.73. The number of rotatable bonds is 3. The molecule has 17 heavy (non-hydrogen) atoms. The fourth-order valence-electron chi connectivity index (χ4n) is 3.24. The van der Waals surface area contributed by atoms with Crippen LogP contribution in [0, 0.1) is 5.41 Å². The van der Waals surface area contributed by atoms with Crippen LogP contribution in [0.15, 0.2) is 0 Å². The molecule has 1 heterocycles. The van der Waals surface area contributed by atoms with Gasteiger partial charge in [-0.3, -0.25) is 0 Å². The summed E-state index contributed by atoms with van der Waals surface area (Å²) in [7, 11) is 0. The maximum atomic E-state index is 5.55. The fourth-order valence-corrected chi connectivity index (χ4v) is 3.98. The second-order valence-electron chi connectivity index (χ2n) is 5.79. The van der Waals surface area contributed by atoms with Crippen LogP contribution in [0.5, 0.6) is 0 Å². The van der Waals surface area contributed by atoms with E-state index >= 15 is 0 Å². The summed E-state index contributed by atoms with van der Waals surface area (Å²) in [6, 6.07) is 0. The second kappa shape index (κ2) is 7.10. The Kier molecular flexibility index (Phi) is 5.78. The molecule has 100 valence electrons. The molecule has 1 saturated carbocycles. The standard InChI is InChI=1S/C14H26BrNO/c15-12-14(6-3-1-2-4-7-14)13-16-8-5-10-17-11-9-16/h1-13H2.